The fourth-order valence-electron chi connectivity index (χ4n) is 3.89. The number of likely N-dealkylation sites (tertiary alicyclic amines) is 1. The van der Waals surface area contributed by atoms with Crippen molar-refractivity contribution in [3.8, 4) is 17.2 Å². The predicted octanol–water partition coefficient (Wildman–Crippen LogP) is 2.94. The Bertz CT molecular complexity index is 874. The Hall–Kier alpha value is -2.84. The number of ether oxygens (including phenoxy) is 3. The first-order valence-corrected chi connectivity index (χ1v) is 9.79. The molecule has 0 amide bonds. The normalized spacial score (nSPS) is 19.7. The van der Waals surface area contributed by atoms with Crippen LogP contribution < -0.4 is 14.2 Å². The molecule has 1 saturated heterocycles. The molecule has 0 aliphatic carbocycles. The lowest BCUT2D eigenvalue weighted by molar-refractivity contribution is -0.384. The van der Waals surface area contributed by atoms with Crippen LogP contribution in [0.5, 0.6) is 17.2 Å². The fourth-order valence-corrected chi connectivity index (χ4v) is 3.89. The SMILES string of the molecule is O=[N+]([O-])c1cccc(OC[C@@H](O)CN2CCC[C@H]2c2ccc3c(c2)OCCO3)c1. The standard InChI is InChI=1S/C21H24N2O6/c24-17(14-29-18-4-1-3-16(12-18)23(25)26)13-22-8-2-5-19(22)15-6-7-20-21(11-15)28-10-9-27-20/h1,3-4,6-7,11-12,17,19,24H,2,5,8-10,13-14H2/t17-,19-/m0/s1. The molecule has 4 rings (SSSR count). The van der Waals surface area contributed by atoms with Gasteiger partial charge in [-0.2, -0.15) is 0 Å². The zero-order valence-corrected chi connectivity index (χ0v) is 16.0. The van der Waals surface area contributed by atoms with Crippen molar-refractivity contribution in [3.05, 3.63) is 58.1 Å². The molecule has 2 atom stereocenters. The summed E-state index contributed by atoms with van der Waals surface area (Å²) in [5, 5.41) is 21.3. The van der Waals surface area contributed by atoms with E-state index in [0.717, 1.165) is 36.4 Å². The molecule has 154 valence electrons. The third-order valence-electron chi connectivity index (χ3n) is 5.23. The average Bonchev–Trinajstić information content (AvgIpc) is 3.20. The molecule has 0 aromatic heterocycles. The van der Waals surface area contributed by atoms with Crippen LogP contribution in [0.25, 0.3) is 0 Å². The molecule has 8 heteroatoms. The molecule has 1 fully saturated rings. The number of benzene rings is 2. The van der Waals surface area contributed by atoms with Gasteiger partial charge >= 0.3 is 0 Å². The van der Waals surface area contributed by atoms with Crippen molar-refractivity contribution in [2.75, 3.05) is 32.9 Å². The lowest BCUT2D eigenvalue weighted by Crippen LogP contribution is -2.35. The van der Waals surface area contributed by atoms with Crippen LogP contribution in [0.2, 0.25) is 0 Å². The highest BCUT2D eigenvalue weighted by Crippen LogP contribution is 2.38. The summed E-state index contributed by atoms with van der Waals surface area (Å²) in [6.07, 6.45) is 1.36. The summed E-state index contributed by atoms with van der Waals surface area (Å²) >= 11 is 0. The van der Waals surface area contributed by atoms with Crippen LogP contribution in [-0.2, 0) is 0 Å². The molecule has 2 heterocycles. The Morgan fingerprint density at radius 1 is 1.21 bits per heavy atom. The van der Waals surface area contributed by atoms with Crippen molar-refractivity contribution in [2.24, 2.45) is 0 Å². The van der Waals surface area contributed by atoms with Gasteiger partial charge in [-0.05, 0) is 43.1 Å². The van der Waals surface area contributed by atoms with E-state index in [9.17, 15) is 15.2 Å². The first-order chi connectivity index (χ1) is 14.1. The largest absolute Gasteiger partial charge is 0.491 e. The Kier molecular flexibility index (Phi) is 5.82. The highest BCUT2D eigenvalue weighted by molar-refractivity contribution is 5.45. The summed E-state index contributed by atoms with van der Waals surface area (Å²) in [7, 11) is 0. The van der Waals surface area contributed by atoms with Crippen LogP contribution in [0.4, 0.5) is 5.69 Å². The second-order valence-corrected chi connectivity index (χ2v) is 7.28. The molecule has 2 aromatic rings. The number of nitro groups is 1. The van der Waals surface area contributed by atoms with Gasteiger partial charge in [0.1, 0.15) is 31.7 Å². The topological polar surface area (TPSA) is 94.3 Å². The number of aliphatic hydroxyl groups excluding tert-OH is 1. The number of nitro benzene ring substituents is 1. The maximum absolute atomic E-state index is 10.9. The highest BCUT2D eigenvalue weighted by Gasteiger charge is 2.29. The summed E-state index contributed by atoms with van der Waals surface area (Å²) < 4.78 is 16.9. The molecule has 0 spiro atoms. The molecule has 2 aliphatic rings. The van der Waals surface area contributed by atoms with Crippen molar-refractivity contribution in [1.29, 1.82) is 0 Å². The molecule has 0 unspecified atom stereocenters. The first-order valence-electron chi connectivity index (χ1n) is 9.79. The van der Waals surface area contributed by atoms with Crippen molar-refractivity contribution in [2.45, 2.75) is 25.0 Å². The average molecular weight is 400 g/mol. The van der Waals surface area contributed by atoms with Crippen molar-refractivity contribution >= 4 is 5.69 Å². The second kappa shape index (κ2) is 8.67. The van der Waals surface area contributed by atoms with Gasteiger partial charge in [0.15, 0.2) is 11.5 Å². The summed E-state index contributed by atoms with van der Waals surface area (Å²) in [6.45, 7) is 2.56. The van der Waals surface area contributed by atoms with Gasteiger partial charge in [-0.3, -0.25) is 15.0 Å². The van der Waals surface area contributed by atoms with Gasteiger partial charge in [0.05, 0.1) is 11.0 Å². The first kappa shape index (κ1) is 19.5. The van der Waals surface area contributed by atoms with Gasteiger partial charge in [-0.15, -0.1) is 0 Å². The van der Waals surface area contributed by atoms with Gasteiger partial charge in [-0.25, -0.2) is 0 Å². The Morgan fingerprint density at radius 2 is 2.03 bits per heavy atom. The van der Waals surface area contributed by atoms with E-state index < -0.39 is 11.0 Å². The summed E-state index contributed by atoms with van der Waals surface area (Å²) in [5.74, 6) is 1.92. The van der Waals surface area contributed by atoms with Gasteiger partial charge in [0, 0.05) is 18.7 Å². The van der Waals surface area contributed by atoms with Crippen molar-refractivity contribution in [1.82, 2.24) is 4.90 Å². The summed E-state index contributed by atoms with van der Waals surface area (Å²) in [6, 6.07) is 12.2. The van der Waals surface area contributed by atoms with E-state index in [-0.39, 0.29) is 18.3 Å². The molecule has 0 radical (unpaired) electrons. The van der Waals surface area contributed by atoms with E-state index in [1.165, 1.54) is 12.1 Å². The summed E-state index contributed by atoms with van der Waals surface area (Å²) in [4.78, 5) is 12.6. The Labute approximate surface area is 168 Å². The molecular weight excluding hydrogens is 376 g/mol. The van der Waals surface area contributed by atoms with Gasteiger partial charge in [0.2, 0.25) is 0 Å². The minimum absolute atomic E-state index is 0.0322. The zero-order chi connectivity index (χ0) is 20.2. The van der Waals surface area contributed by atoms with Crippen LogP contribution in [-0.4, -0.2) is 53.9 Å². The third kappa shape index (κ3) is 4.60. The minimum atomic E-state index is -0.702. The van der Waals surface area contributed by atoms with Gasteiger partial charge in [0.25, 0.3) is 5.69 Å². The Balaban J connectivity index is 1.36. The quantitative estimate of drug-likeness (QED) is 0.564. The molecule has 1 N–H and O–H groups in total. The molecule has 0 saturated carbocycles. The van der Waals surface area contributed by atoms with Crippen LogP contribution in [0.3, 0.4) is 0 Å². The number of rotatable bonds is 7. The lowest BCUT2D eigenvalue weighted by Gasteiger charge is -2.28. The minimum Gasteiger partial charge on any atom is -0.491 e. The van der Waals surface area contributed by atoms with E-state index >= 15 is 0 Å². The number of nitrogens with zero attached hydrogens (tertiary/aromatic N) is 2. The molecule has 0 bridgehead atoms. The second-order valence-electron chi connectivity index (χ2n) is 7.28. The smallest absolute Gasteiger partial charge is 0.273 e. The van der Waals surface area contributed by atoms with E-state index in [1.807, 2.05) is 12.1 Å². The molecule has 2 aliphatic heterocycles. The molecule has 8 nitrogen and oxygen atoms in total. The van der Waals surface area contributed by atoms with Crippen molar-refractivity contribution in [3.63, 3.8) is 0 Å². The van der Waals surface area contributed by atoms with Gasteiger partial charge in [-0.1, -0.05) is 12.1 Å². The third-order valence-corrected chi connectivity index (χ3v) is 5.23. The monoisotopic (exact) mass is 400 g/mol. The maximum atomic E-state index is 10.9. The van der Waals surface area contributed by atoms with E-state index in [2.05, 4.69) is 11.0 Å². The number of hydrogen-bond acceptors (Lipinski definition) is 7. The lowest BCUT2D eigenvalue weighted by atomic mass is 10.0. The molecule has 29 heavy (non-hydrogen) atoms. The van der Waals surface area contributed by atoms with Crippen LogP contribution in [0.15, 0.2) is 42.5 Å². The van der Waals surface area contributed by atoms with Crippen molar-refractivity contribution < 1.29 is 24.2 Å². The molecular formula is C21H24N2O6. The zero-order valence-electron chi connectivity index (χ0n) is 16.0. The highest BCUT2D eigenvalue weighted by atomic mass is 16.6. The fraction of sp³-hybridized carbons (Fsp3) is 0.429. The summed E-state index contributed by atoms with van der Waals surface area (Å²) in [5.41, 5.74) is 1.12. The van der Waals surface area contributed by atoms with E-state index in [4.69, 9.17) is 14.2 Å². The van der Waals surface area contributed by atoms with E-state index in [1.54, 1.807) is 12.1 Å². The number of non-ortho nitro benzene ring substituents is 1. The molecule has 2 aromatic carbocycles. The van der Waals surface area contributed by atoms with Crippen LogP contribution >= 0.6 is 0 Å². The van der Waals surface area contributed by atoms with Gasteiger partial charge < -0.3 is 19.3 Å². The van der Waals surface area contributed by atoms with E-state index in [0.29, 0.717) is 25.5 Å². The number of hydrogen-bond donors (Lipinski definition) is 1. The van der Waals surface area contributed by atoms with Crippen LogP contribution in [0, 0.1) is 10.1 Å². The van der Waals surface area contributed by atoms with Crippen LogP contribution in [0.1, 0.15) is 24.4 Å². The Morgan fingerprint density at radius 3 is 2.86 bits per heavy atom. The number of fused-ring (bicyclic) bond motifs is 1. The number of aliphatic hydroxyl groups is 1. The predicted molar refractivity (Wildman–Crippen MR) is 106 cm³/mol. The maximum Gasteiger partial charge on any atom is 0.273 e. The number of β-amino-alcohol motifs (C(OH)–C–C–N with tert-alkyl or cyclic N) is 1.